The zero-order valence-corrected chi connectivity index (χ0v) is 16.1. The highest BCUT2D eigenvalue weighted by atomic mass is 32.2. The predicted octanol–water partition coefficient (Wildman–Crippen LogP) is 2.70. The Hall–Kier alpha value is -2.72. The number of nitrogens with one attached hydrogen (secondary N) is 2. The highest BCUT2D eigenvalue weighted by molar-refractivity contribution is 7.89. The highest BCUT2D eigenvalue weighted by Gasteiger charge is 2.15. The van der Waals surface area contributed by atoms with E-state index in [-0.39, 0.29) is 4.90 Å². The molecule has 1 aromatic carbocycles. The second-order valence-electron chi connectivity index (χ2n) is 6.98. The molecule has 0 unspecified atom stereocenters. The van der Waals surface area contributed by atoms with Crippen LogP contribution in [0.15, 0.2) is 35.4 Å². The number of nitrogens with two attached hydrogens (primary N) is 1. The first-order chi connectivity index (χ1) is 13.5. The van der Waals surface area contributed by atoms with E-state index in [1.54, 1.807) is 18.3 Å². The van der Waals surface area contributed by atoms with Crippen molar-refractivity contribution in [2.24, 2.45) is 11.1 Å². The van der Waals surface area contributed by atoms with Crippen LogP contribution in [0.2, 0.25) is 0 Å². The lowest BCUT2D eigenvalue weighted by Crippen LogP contribution is -2.15. The van der Waals surface area contributed by atoms with Gasteiger partial charge in [0.05, 0.1) is 17.7 Å². The van der Waals surface area contributed by atoms with E-state index in [1.165, 1.54) is 44.2 Å². The number of hydrogen-bond acceptors (Lipinski definition) is 7. The Morgan fingerprint density at radius 1 is 1.14 bits per heavy atom. The van der Waals surface area contributed by atoms with Gasteiger partial charge in [-0.2, -0.15) is 9.97 Å². The van der Waals surface area contributed by atoms with E-state index in [0.29, 0.717) is 41.3 Å². The quantitative estimate of drug-likeness (QED) is 0.576. The number of H-pyrrole nitrogens is 1. The van der Waals surface area contributed by atoms with Crippen LogP contribution in [0.1, 0.15) is 32.1 Å². The Labute approximate surface area is 162 Å². The van der Waals surface area contributed by atoms with Crippen LogP contribution < -0.4 is 15.2 Å². The molecule has 0 amide bonds. The molecule has 2 heterocycles. The number of imidazole rings is 1. The maximum atomic E-state index is 11.3. The molecule has 4 rings (SSSR count). The Bertz CT molecular complexity index is 1060. The summed E-state index contributed by atoms with van der Waals surface area (Å²) in [6, 6.07) is 6.47. The van der Waals surface area contributed by atoms with Crippen molar-refractivity contribution < 1.29 is 13.2 Å². The van der Waals surface area contributed by atoms with E-state index in [4.69, 9.17) is 9.88 Å². The summed E-state index contributed by atoms with van der Waals surface area (Å²) >= 11 is 0. The molecule has 2 aromatic heterocycles. The number of benzene rings is 1. The third kappa shape index (κ3) is 4.39. The van der Waals surface area contributed by atoms with Crippen LogP contribution in [0.25, 0.3) is 11.2 Å². The molecule has 3 aromatic rings. The standard InChI is InChI=1S/C18H22N6O3S/c19-28(25,26)14-8-6-13(7-9-14)21-17-20-10-15-16(23-17)24-18(22-15)27-11-12-4-2-1-3-5-12/h6-10,12H,1-5,11H2,(H2,19,25,26)(H2,20,21,22,23,24). The number of hydrogen-bond donors (Lipinski definition) is 3. The average Bonchev–Trinajstić information content (AvgIpc) is 3.09. The minimum Gasteiger partial charge on any atom is -0.464 e. The highest BCUT2D eigenvalue weighted by Crippen LogP contribution is 2.25. The lowest BCUT2D eigenvalue weighted by atomic mass is 9.90. The van der Waals surface area contributed by atoms with Crippen molar-refractivity contribution in [1.29, 1.82) is 0 Å². The third-order valence-corrected chi connectivity index (χ3v) is 5.77. The minimum atomic E-state index is -3.72. The van der Waals surface area contributed by atoms with Crippen LogP contribution >= 0.6 is 0 Å². The minimum absolute atomic E-state index is 0.0430. The zero-order chi connectivity index (χ0) is 19.6. The van der Waals surface area contributed by atoms with Gasteiger partial charge in [0, 0.05) is 5.69 Å². The predicted molar refractivity (Wildman–Crippen MR) is 105 cm³/mol. The number of ether oxygens (including phenoxy) is 1. The molecule has 148 valence electrons. The summed E-state index contributed by atoms with van der Waals surface area (Å²) in [5.74, 6) is 0.937. The fourth-order valence-electron chi connectivity index (χ4n) is 3.32. The topological polar surface area (TPSA) is 136 Å². The van der Waals surface area contributed by atoms with E-state index >= 15 is 0 Å². The monoisotopic (exact) mass is 402 g/mol. The van der Waals surface area contributed by atoms with Crippen molar-refractivity contribution in [3.8, 4) is 6.01 Å². The second kappa shape index (κ2) is 7.72. The fourth-order valence-corrected chi connectivity index (χ4v) is 3.84. The first kappa shape index (κ1) is 18.6. The summed E-state index contributed by atoms with van der Waals surface area (Å²) in [7, 11) is -3.72. The van der Waals surface area contributed by atoms with E-state index in [1.807, 2.05) is 0 Å². The van der Waals surface area contributed by atoms with E-state index in [2.05, 4.69) is 25.3 Å². The number of sulfonamides is 1. The maximum absolute atomic E-state index is 11.3. The molecular weight excluding hydrogens is 380 g/mol. The summed E-state index contributed by atoms with van der Waals surface area (Å²) in [5.41, 5.74) is 1.82. The molecule has 0 aliphatic heterocycles. The number of rotatable bonds is 6. The van der Waals surface area contributed by atoms with Crippen LogP contribution in [0.4, 0.5) is 11.6 Å². The molecule has 1 aliphatic rings. The van der Waals surface area contributed by atoms with Crippen molar-refractivity contribution in [3.05, 3.63) is 30.5 Å². The van der Waals surface area contributed by atoms with Gasteiger partial charge in [-0.25, -0.2) is 18.5 Å². The van der Waals surface area contributed by atoms with Crippen molar-refractivity contribution >= 4 is 32.8 Å². The van der Waals surface area contributed by atoms with Gasteiger partial charge in [-0.3, -0.25) is 0 Å². The lowest BCUT2D eigenvalue weighted by molar-refractivity contribution is 0.198. The Morgan fingerprint density at radius 3 is 2.61 bits per heavy atom. The maximum Gasteiger partial charge on any atom is 0.296 e. The number of fused-ring (bicyclic) bond motifs is 1. The van der Waals surface area contributed by atoms with Crippen LogP contribution in [-0.4, -0.2) is 35.0 Å². The number of anilines is 2. The van der Waals surface area contributed by atoms with Gasteiger partial charge in [0.15, 0.2) is 5.65 Å². The van der Waals surface area contributed by atoms with Gasteiger partial charge in [0.1, 0.15) is 5.52 Å². The first-order valence-electron chi connectivity index (χ1n) is 9.23. The molecule has 9 nitrogen and oxygen atoms in total. The van der Waals surface area contributed by atoms with Gasteiger partial charge in [-0.05, 0) is 43.0 Å². The Balaban J connectivity index is 1.44. The number of nitrogens with zero attached hydrogens (tertiary/aromatic N) is 3. The smallest absolute Gasteiger partial charge is 0.296 e. The molecule has 1 saturated carbocycles. The van der Waals surface area contributed by atoms with Crippen molar-refractivity contribution in [3.63, 3.8) is 0 Å². The molecule has 1 fully saturated rings. The van der Waals surface area contributed by atoms with E-state index < -0.39 is 10.0 Å². The van der Waals surface area contributed by atoms with E-state index in [9.17, 15) is 8.42 Å². The molecule has 1 aliphatic carbocycles. The molecule has 0 bridgehead atoms. The molecule has 10 heteroatoms. The van der Waals surface area contributed by atoms with Gasteiger partial charge < -0.3 is 15.0 Å². The molecule has 0 spiro atoms. The number of aromatic nitrogens is 4. The zero-order valence-electron chi connectivity index (χ0n) is 15.3. The van der Waals surface area contributed by atoms with Crippen LogP contribution in [0.3, 0.4) is 0 Å². The summed E-state index contributed by atoms with van der Waals surface area (Å²) in [6.45, 7) is 0.661. The lowest BCUT2D eigenvalue weighted by Gasteiger charge is -2.20. The summed E-state index contributed by atoms with van der Waals surface area (Å²) in [6.07, 6.45) is 7.90. The van der Waals surface area contributed by atoms with Crippen LogP contribution in [0.5, 0.6) is 6.01 Å². The van der Waals surface area contributed by atoms with Crippen molar-refractivity contribution in [2.75, 3.05) is 11.9 Å². The van der Waals surface area contributed by atoms with Gasteiger partial charge in [0.2, 0.25) is 16.0 Å². The Kier molecular flexibility index (Phi) is 5.14. The van der Waals surface area contributed by atoms with Crippen LogP contribution in [0, 0.1) is 5.92 Å². The van der Waals surface area contributed by atoms with Gasteiger partial charge in [0.25, 0.3) is 6.01 Å². The van der Waals surface area contributed by atoms with E-state index in [0.717, 1.165) is 0 Å². The summed E-state index contributed by atoms with van der Waals surface area (Å²) in [4.78, 5) is 16.1. The normalized spacial score (nSPS) is 15.6. The molecule has 0 saturated heterocycles. The Morgan fingerprint density at radius 2 is 1.89 bits per heavy atom. The van der Waals surface area contributed by atoms with Gasteiger partial charge >= 0.3 is 0 Å². The fraction of sp³-hybridized carbons (Fsp3) is 0.389. The van der Waals surface area contributed by atoms with Crippen molar-refractivity contribution in [1.82, 2.24) is 19.9 Å². The summed E-state index contributed by atoms with van der Waals surface area (Å²) in [5, 5.41) is 8.11. The number of aromatic amines is 1. The van der Waals surface area contributed by atoms with Crippen LogP contribution in [-0.2, 0) is 10.0 Å². The molecule has 0 atom stereocenters. The van der Waals surface area contributed by atoms with Gasteiger partial charge in [-0.1, -0.05) is 19.3 Å². The molecule has 4 N–H and O–H groups in total. The largest absolute Gasteiger partial charge is 0.464 e. The second-order valence-corrected chi connectivity index (χ2v) is 8.54. The molecular formula is C18H22N6O3S. The third-order valence-electron chi connectivity index (χ3n) is 4.84. The SMILES string of the molecule is NS(=O)(=O)c1ccc(Nc2ncc3[nH]c(OCC4CCCCC4)nc3n2)cc1. The summed E-state index contributed by atoms with van der Waals surface area (Å²) < 4.78 is 28.4. The first-order valence-corrected chi connectivity index (χ1v) is 10.8. The molecule has 0 radical (unpaired) electrons. The van der Waals surface area contributed by atoms with Crippen molar-refractivity contribution in [2.45, 2.75) is 37.0 Å². The average molecular weight is 402 g/mol. The molecule has 28 heavy (non-hydrogen) atoms. The number of primary sulfonamides is 1. The van der Waals surface area contributed by atoms with Gasteiger partial charge in [-0.15, -0.1) is 0 Å².